The number of nitrogens with zero attached hydrogens (tertiary/aromatic N) is 3. The van der Waals surface area contributed by atoms with Crippen LogP contribution in [0.1, 0.15) is 43.0 Å². The molecule has 0 bridgehead atoms. The van der Waals surface area contributed by atoms with E-state index in [1.165, 1.54) is 105 Å². The van der Waals surface area contributed by atoms with E-state index in [0.29, 0.717) is 0 Å². The Balaban J connectivity index is 1.24. The summed E-state index contributed by atoms with van der Waals surface area (Å²) < 4.78 is 4.86. The van der Waals surface area contributed by atoms with E-state index in [9.17, 15) is 0 Å². The van der Waals surface area contributed by atoms with Crippen LogP contribution in [0.4, 0.5) is 17.1 Å². The summed E-state index contributed by atoms with van der Waals surface area (Å²) in [5, 5.41) is 7.62. The average molecular weight is 722 g/mol. The highest BCUT2D eigenvalue weighted by Gasteiger charge is 2.38. The van der Waals surface area contributed by atoms with E-state index in [0.717, 1.165) is 13.0 Å². The fourth-order valence-corrected chi connectivity index (χ4v) is 10.1. The van der Waals surface area contributed by atoms with Gasteiger partial charge in [0.15, 0.2) is 0 Å². The summed E-state index contributed by atoms with van der Waals surface area (Å²) in [4.78, 5) is 2.60. The molecule has 0 amide bonds. The molecule has 0 radical (unpaired) electrons. The van der Waals surface area contributed by atoms with Crippen molar-refractivity contribution in [1.82, 2.24) is 9.13 Å². The Morgan fingerprint density at radius 3 is 1.95 bits per heavy atom. The monoisotopic (exact) mass is 721 g/mol. The molecule has 2 heterocycles. The summed E-state index contributed by atoms with van der Waals surface area (Å²) in [5.74, 6) is 0. The molecule has 56 heavy (non-hydrogen) atoms. The van der Waals surface area contributed by atoms with Crippen molar-refractivity contribution in [2.24, 2.45) is 7.05 Å². The van der Waals surface area contributed by atoms with Gasteiger partial charge in [0.05, 0.1) is 28.1 Å². The summed E-state index contributed by atoms with van der Waals surface area (Å²) >= 11 is 0. The average Bonchev–Trinajstić information content (AvgIpc) is 3.81. The quantitative estimate of drug-likeness (QED) is 0.167. The van der Waals surface area contributed by atoms with Gasteiger partial charge in [-0.15, -0.1) is 0 Å². The molecular formula is C53H43N3. The number of fused-ring (bicyclic) bond motifs is 11. The fourth-order valence-electron chi connectivity index (χ4n) is 10.1. The Kier molecular flexibility index (Phi) is 7.16. The van der Waals surface area contributed by atoms with Crippen molar-refractivity contribution in [1.29, 1.82) is 0 Å². The van der Waals surface area contributed by atoms with Crippen molar-refractivity contribution >= 4 is 71.4 Å². The molecule has 0 N–H and O–H groups in total. The highest BCUT2D eigenvalue weighted by Crippen LogP contribution is 2.56. The van der Waals surface area contributed by atoms with Crippen molar-refractivity contribution in [3.63, 3.8) is 0 Å². The van der Waals surface area contributed by atoms with Gasteiger partial charge in [0.1, 0.15) is 0 Å². The molecular weight excluding hydrogens is 679 g/mol. The first kappa shape index (κ1) is 32.8. The third-order valence-corrected chi connectivity index (χ3v) is 12.7. The van der Waals surface area contributed by atoms with E-state index in [4.69, 9.17) is 0 Å². The molecule has 0 saturated carbocycles. The summed E-state index contributed by atoms with van der Waals surface area (Å²) in [6.45, 7) is 8.00. The first-order chi connectivity index (χ1) is 27.4. The van der Waals surface area contributed by atoms with Gasteiger partial charge in [0, 0.05) is 57.0 Å². The molecule has 3 heteroatoms. The zero-order valence-electron chi connectivity index (χ0n) is 32.3. The predicted molar refractivity (Wildman–Crippen MR) is 238 cm³/mol. The Bertz CT molecular complexity index is 3190. The van der Waals surface area contributed by atoms with Gasteiger partial charge in [-0.1, -0.05) is 141 Å². The number of aromatic nitrogens is 2. The molecule has 0 saturated heterocycles. The molecule has 270 valence electrons. The minimum absolute atomic E-state index is 0.211. The summed E-state index contributed by atoms with van der Waals surface area (Å²) in [5.41, 5.74) is 16.5. The first-order valence-electron chi connectivity index (χ1n) is 19.9. The van der Waals surface area contributed by atoms with E-state index < -0.39 is 0 Å². The summed E-state index contributed by atoms with van der Waals surface area (Å²) in [6, 6.07) is 61.2. The Morgan fingerprint density at radius 1 is 0.500 bits per heavy atom. The second-order valence-corrected chi connectivity index (χ2v) is 16.0. The maximum absolute atomic E-state index is 2.60. The van der Waals surface area contributed by atoms with Crippen molar-refractivity contribution in [3.05, 3.63) is 186 Å². The third kappa shape index (κ3) is 4.58. The largest absolute Gasteiger partial charge is 0.342 e. The van der Waals surface area contributed by atoms with Gasteiger partial charge in [-0.05, 0) is 88.5 Å². The SMILES string of the molecule is CCn1c2ccccc2c2c(N(c3cc4c(c5ccccc35)-c3ccc(Cc5ccccc5)cc3C4(C)C)c3cccc4c5ccccc5n(C)c34)cccc21. The van der Waals surface area contributed by atoms with E-state index in [1.54, 1.807) is 0 Å². The van der Waals surface area contributed by atoms with E-state index in [2.05, 4.69) is 206 Å². The Hall–Kier alpha value is -6.58. The van der Waals surface area contributed by atoms with Gasteiger partial charge in [0.2, 0.25) is 0 Å². The highest BCUT2D eigenvalue weighted by molar-refractivity contribution is 6.20. The second-order valence-electron chi connectivity index (χ2n) is 16.0. The van der Waals surface area contributed by atoms with Gasteiger partial charge in [-0.2, -0.15) is 0 Å². The van der Waals surface area contributed by atoms with Crippen molar-refractivity contribution < 1.29 is 0 Å². The smallest absolute Gasteiger partial charge is 0.0733 e. The van der Waals surface area contributed by atoms with Gasteiger partial charge in [-0.25, -0.2) is 0 Å². The molecule has 0 spiro atoms. The van der Waals surface area contributed by atoms with E-state index >= 15 is 0 Å². The van der Waals surface area contributed by atoms with Crippen LogP contribution in [0.2, 0.25) is 0 Å². The maximum atomic E-state index is 2.60. The van der Waals surface area contributed by atoms with Crippen molar-refractivity contribution in [2.45, 2.75) is 39.2 Å². The molecule has 11 rings (SSSR count). The van der Waals surface area contributed by atoms with E-state index in [1.807, 2.05) is 0 Å². The normalized spacial score (nSPS) is 13.3. The minimum atomic E-state index is -0.211. The molecule has 0 fully saturated rings. The van der Waals surface area contributed by atoms with Crippen LogP contribution in [0.3, 0.4) is 0 Å². The zero-order chi connectivity index (χ0) is 37.7. The Morgan fingerprint density at radius 2 is 1.14 bits per heavy atom. The second kappa shape index (κ2) is 12.2. The molecule has 2 aromatic heterocycles. The van der Waals surface area contributed by atoms with Crippen LogP contribution in [-0.2, 0) is 25.4 Å². The van der Waals surface area contributed by atoms with Crippen LogP contribution >= 0.6 is 0 Å². The van der Waals surface area contributed by atoms with Crippen molar-refractivity contribution in [3.8, 4) is 11.1 Å². The molecule has 0 aliphatic heterocycles. The molecule has 3 nitrogen and oxygen atoms in total. The molecule has 1 aliphatic rings. The predicted octanol–water partition coefficient (Wildman–Crippen LogP) is 14.0. The Labute approximate surface area is 327 Å². The number of rotatable bonds is 6. The molecule has 0 unspecified atom stereocenters. The third-order valence-electron chi connectivity index (χ3n) is 12.7. The topological polar surface area (TPSA) is 13.1 Å². The van der Waals surface area contributed by atoms with Gasteiger partial charge >= 0.3 is 0 Å². The van der Waals surface area contributed by atoms with Crippen LogP contribution in [-0.4, -0.2) is 9.13 Å². The lowest BCUT2D eigenvalue weighted by Gasteiger charge is -2.31. The van der Waals surface area contributed by atoms with Crippen LogP contribution in [0.5, 0.6) is 0 Å². The van der Waals surface area contributed by atoms with Gasteiger partial charge < -0.3 is 14.0 Å². The zero-order valence-corrected chi connectivity index (χ0v) is 32.3. The number of para-hydroxylation sites is 3. The number of hydrogen-bond acceptors (Lipinski definition) is 1. The van der Waals surface area contributed by atoms with Crippen LogP contribution in [0.15, 0.2) is 164 Å². The first-order valence-corrected chi connectivity index (χ1v) is 19.9. The molecule has 8 aromatic carbocycles. The number of benzene rings is 8. The lowest BCUT2D eigenvalue weighted by Crippen LogP contribution is -2.17. The maximum Gasteiger partial charge on any atom is 0.0733 e. The van der Waals surface area contributed by atoms with Gasteiger partial charge in [0.25, 0.3) is 0 Å². The van der Waals surface area contributed by atoms with E-state index in [-0.39, 0.29) is 5.41 Å². The summed E-state index contributed by atoms with van der Waals surface area (Å²) in [6.07, 6.45) is 0.921. The van der Waals surface area contributed by atoms with Crippen LogP contribution in [0.25, 0.3) is 65.5 Å². The highest BCUT2D eigenvalue weighted by atomic mass is 15.2. The number of anilines is 3. The van der Waals surface area contributed by atoms with Crippen LogP contribution in [0, 0.1) is 0 Å². The van der Waals surface area contributed by atoms with Crippen molar-refractivity contribution in [2.75, 3.05) is 4.90 Å². The minimum Gasteiger partial charge on any atom is -0.342 e. The standard InChI is InChI=1S/C53H43N3/c1-5-55-45-25-14-12-22-41(45)51-46(55)26-16-27-47(51)56(48-28-15-23-39-37-20-11-13-24-44(37)54(4)52(39)48)49-33-43-50(38-21-10-9-19-36(38)49)40-30-29-35(32-42(40)53(43,2)3)31-34-17-7-6-8-18-34/h6-30,32-33H,5,31H2,1-4H3. The molecule has 1 aliphatic carbocycles. The molecule has 10 aromatic rings. The summed E-state index contributed by atoms with van der Waals surface area (Å²) in [7, 11) is 2.23. The fraction of sp³-hybridized carbons (Fsp3) is 0.132. The molecule has 0 atom stereocenters. The lowest BCUT2D eigenvalue weighted by atomic mass is 9.81. The number of aryl methyl sites for hydroxylation is 2. The number of hydrogen-bond donors (Lipinski definition) is 0. The lowest BCUT2D eigenvalue weighted by molar-refractivity contribution is 0.660. The van der Waals surface area contributed by atoms with Crippen LogP contribution < -0.4 is 4.90 Å². The van der Waals surface area contributed by atoms with Gasteiger partial charge in [-0.3, -0.25) is 0 Å².